The summed E-state index contributed by atoms with van der Waals surface area (Å²) in [5.74, 6) is 2.35. The summed E-state index contributed by atoms with van der Waals surface area (Å²) in [5.41, 5.74) is 6.73. The average Bonchev–Trinajstić information content (AvgIpc) is 2.47. The van der Waals surface area contributed by atoms with Crippen molar-refractivity contribution in [1.29, 1.82) is 0 Å². The molecule has 2 saturated heterocycles. The first kappa shape index (κ1) is 15.8. The van der Waals surface area contributed by atoms with Gasteiger partial charge in [0.05, 0.1) is 5.60 Å². The van der Waals surface area contributed by atoms with Crippen LogP contribution < -0.4 is 5.73 Å². The molecule has 0 aromatic rings. The molecule has 0 amide bonds. The minimum Gasteiger partial charge on any atom is -0.381 e. The lowest BCUT2D eigenvalue weighted by Crippen LogP contribution is -2.48. The van der Waals surface area contributed by atoms with Crippen LogP contribution in [-0.4, -0.2) is 32.0 Å². The third-order valence-corrected chi connectivity index (χ3v) is 6.43. The first-order chi connectivity index (χ1) is 10.0. The van der Waals surface area contributed by atoms with Crippen molar-refractivity contribution < 1.29 is 9.47 Å². The summed E-state index contributed by atoms with van der Waals surface area (Å²) >= 11 is 0. The molecule has 3 rings (SSSR count). The average molecular weight is 295 g/mol. The van der Waals surface area contributed by atoms with Gasteiger partial charge in [-0.15, -0.1) is 0 Å². The molecule has 1 aliphatic carbocycles. The summed E-state index contributed by atoms with van der Waals surface area (Å²) in [5, 5.41) is 0. The molecule has 122 valence electrons. The lowest BCUT2D eigenvalue weighted by atomic mass is 9.60. The number of nitrogens with two attached hydrogens (primary N) is 1. The Labute approximate surface area is 129 Å². The maximum atomic E-state index is 6.24. The van der Waals surface area contributed by atoms with Crippen molar-refractivity contribution >= 4 is 0 Å². The van der Waals surface area contributed by atoms with Crippen LogP contribution >= 0.6 is 0 Å². The Hall–Kier alpha value is -0.120. The highest BCUT2D eigenvalue weighted by Crippen LogP contribution is 2.49. The summed E-state index contributed by atoms with van der Waals surface area (Å²) in [6.07, 6.45) is 8.68. The maximum Gasteiger partial charge on any atom is 0.0729 e. The molecule has 1 saturated carbocycles. The van der Waals surface area contributed by atoms with Crippen molar-refractivity contribution in [1.82, 2.24) is 0 Å². The van der Waals surface area contributed by atoms with Crippen LogP contribution in [0.5, 0.6) is 0 Å². The van der Waals surface area contributed by atoms with Gasteiger partial charge < -0.3 is 15.2 Å². The molecule has 0 aromatic heterocycles. The van der Waals surface area contributed by atoms with Gasteiger partial charge in [-0.2, -0.15) is 0 Å². The molecular formula is C18H33NO2. The fraction of sp³-hybridized carbons (Fsp3) is 1.00. The Morgan fingerprint density at radius 3 is 2.48 bits per heavy atom. The molecule has 0 bridgehead atoms. The van der Waals surface area contributed by atoms with E-state index in [0.29, 0.717) is 5.41 Å². The molecule has 3 aliphatic rings. The Morgan fingerprint density at radius 2 is 1.76 bits per heavy atom. The highest BCUT2D eigenvalue weighted by atomic mass is 16.5. The highest BCUT2D eigenvalue weighted by molar-refractivity contribution is 4.95. The van der Waals surface area contributed by atoms with Crippen LogP contribution in [0.3, 0.4) is 0 Å². The van der Waals surface area contributed by atoms with Crippen LogP contribution in [0.1, 0.15) is 58.8 Å². The van der Waals surface area contributed by atoms with Gasteiger partial charge in [-0.05, 0) is 74.7 Å². The second kappa shape index (κ2) is 6.17. The third kappa shape index (κ3) is 3.46. The van der Waals surface area contributed by atoms with Crippen LogP contribution in [0, 0.1) is 23.2 Å². The molecule has 3 nitrogen and oxygen atoms in total. The predicted molar refractivity (Wildman–Crippen MR) is 85.1 cm³/mol. The fourth-order valence-electron chi connectivity index (χ4n) is 5.06. The monoisotopic (exact) mass is 295 g/mol. The molecule has 3 heteroatoms. The first-order valence-corrected chi connectivity index (χ1v) is 8.95. The Balaban J connectivity index is 1.71. The van der Waals surface area contributed by atoms with Gasteiger partial charge in [-0.25, -0.2) is 0 Å². The topological polar surface area (TPSA) is 44.5 Å². The van der Waals surface area contributed by atoms with Gasteiger partial charge in [0.15, 0.2) is 0 Å². The Kier molecular flexibility index (Phi) is 4.63. The first-order valence-electron chi connectivity index (χ1n) is 8.95. The van der Waals surface area contributed by atoms with Crippen molar-refractivity contribution in [2.75, 3.05) is 26.4 Å². The molecule has 3 fully saturated rings. The van der Waals surface area contributed by atoms with E-state index in [1.165, 1.54) is 32.1 Å². The largest absolute Gasteiger partial charge is 0.381 e. The minimum atomic E-state index is 0.127. The zero-order chi connectivity index (χ0) is 14.9. The van der Waals surface area contributed by atoms with E-state index in [1.807, 2.05) is 0 Å². The fourth-order valence-corrected chi connectivity index (χ4v) is 5.06. The second-order valence-corrected chi connectivity index (χ2v) is 8.46. The van der Waals surface area contributed by atoms with Crippen molar-refractivity contribution in [2.45, 2.75) is 64.4 Å². The van der Waals surface area contributed by atoms with E-state index < -0.39 is 0 Å². The van der Waals surface area contributed by atoms with Crippen LogP contribution in [0.2, 0.25) is 0 Å². The smallest absolute Gasteiger partial charge is 0.0729 e. The van der Waals surface area contributed by atoms with Crippen LogP contribution in [0.4, 0.5) is 0 Å². The van der Waals surface area contributed by atoms with E-state index in [9.17, 15) is 0 Å². The standard InChI is InChI=1S/C18H33NO2/c1-17(2)5-3-15(13-19)16(12-17)14-4-8-21-18(11-14)6-9-20-10-7-18/h14-16H,3-13,19H2,1-2H3. The number of ether oxygens (including phenoxy) is 2. The van der Waals surface area contributed by atoms with E-state index in [2.05, 4.69) is 13.8 Å². The summed E-state index contributed by atoms with van der Waals surface area (Å²) in [6, 6.07) is 0. The lowest BCUT2D eigenvalue weighted by molar-refractivity contribution is -0.158. The van der Waals surface area contributed by atoms with Crippen LogP contribution in [-0.2, 0) is 9.47 Å². The summed E-state index contributed by atoms with van der Waals surface area (Å²) < 4.78 is 11.8. The molecule has 0 radical (unpaired) electrons. The lowest BCUT2D eigenvalue weighted by Gasteiger charge is -2.50. The molecule has 21 heavy (non-hydrogen) atoms. The molecule has 3 unspecified atom stereocenters. The molecule has 1 spiro atoms. The van der Waals surface area contributed by atoms with Gasteiger partial charge in [0.2, 0.25) is 0 Å². The molecule has 0 aromatic carbocycles. The van der Waals surface area contributed by atoms with Crippen LogP contribution in [0.15, 0.2) is 0 Å². The molecule has 2 N–H and O–H groups in total. The van der Waals surface area contributed by atoms with Gasteiger partial charge in [0, 0.05) is 19.8 Å². The summed E-state index contributed by atoms with van der Waals surface area (Å²) in [4.78, 5) is 0. The Morgan fingerprint density at radius 1 is 1.00 bits per heavy atom. The summed E-state index contributed by atoms with van der Waals surface area (Å²) in [7, 11) is 0. The Bertz CT molecular complexity index is 344. The van der Waals surface area contributed by atoms with Gasteiger partial charge in [-0.1, -0.05) is 13.8 Å². The predicted octanol–water partition coefficient (Wildman–Crippen LogP) is 3.36. The quantitative estimate of drug-likeness (QED) is 0.849. The van der Waals surface area contributed by atoms with Crippen molar-refractivity contribution in [2.24, 2.45) is 28.9 Å². The van der Waals surface area contributed by atoms with E-state index in [4.69, 9.17) is 15.2 Å². The normalized spacial score (nSPS) is 39.3. The third-order valence-electron chi connectivity index (χ3n) is 6.43. The van der Waals surface area contributed by atoms with Crippen molar-refractivity contribution in [3.05, 3.63) is 0 Å². The van der Waals surface area contributed by atoms with E-state index >= 15 is 0 Å². The zero-order valence-corrected chi connectivity index (χ0v) is 13.9. The van der Waals surface area contributed by atoms with Gasteiger partial charge in [-0.3, -0.25) is 0 Å². The zero-order valence-electron chi connectivity index (χ0n) is 13.9. The molecule has 2 heterocycles. The maximum absolute atomic E-state index is 6.24. The molecule has 2 aliphatic heterocycles. The number of hydrogen-bond donors (Lipinski definition) is 1. The van der Waals surface area contributed by atoms with Crippen molar-refractivity contribution in [3.8, 4) is 0 Å². The van der Waals surface area contributed by atoms with E-state index in [0.717, 1.165) is 57.0 Å². The van der Waals surface area contributed by atoms with Gasteiger partial charge in [0.1, 0.15) is 0 Å². The minimum absolute atomic E-state index is 0.127. The summed E-state index contributed by atoms with van der Waals surface area (Å²) in [6.45, 7) is 8.45. The van der Waals surface area contributed by atoms with E-state index in [-0.39, 0.29) is 5.60 Å². The number of rotatable bonds is 2. The molecule has 3 atom stereocenters. The van der Waals surface area contributed by atoms with E-state index in [1.54, 1.807) is 0 Å². The molecular weight excluding hydrogens is 262 g/mol. The van der Waals surface area contributed by atoms with Crippen LogP contribution in [0.25, 0.3) is 0 Å². The van der Waals surface area contributed by atoms with Gasteiger partial charge in [0.25, 0.3) is 0 Å². The SMILES string of the molecule is CC1(C)CCC(CN)C(C2CCOC3(CCOCC3)C2)C1. The second-order valence-electron chi connectivity index (χ2n) is 8.46. The highest BCUT2D eigenvalue weighted by Gasteiger charge is 2.45. The van der Waals surface area contributed by atoms with Gasteiger partial charge >= 0.3 is 0 Å². The number of hydrogen-bond acceptors (Lipinski definition) is 3. The van der Waals surface area contributed by atoms with Crippen molar-refractivity contribution in [3.63, 3.8) is 0 Å².